The molecule has 0 saturated carbocycles. The van der Waals surface area contributed by atoms with Crippen LogP contribution in [0.15, 0.2) is 79.1 Å². The van der Waals surface area contributed by atoms with Gasteiger partial charge < -0.3 is 49.2 Å². The third-order valence-electron chi connectivity index (χ3n) is 13.0. The topological polar surface area (TPSA) is 189 Å². The van der Waals surface area contributed by atoms with Crippen molar-refractivity contribution in [1.82, 2.24) is 44.9 Å². The number of fused-ring (bicyclic) bond motifs is 5. The molecule has 2 fully saturated rings. The first-order chi connectivity index (χ1) is 31.8. The van der Waals surface area contributed by atoms with Crippen LogP contribution in [0.3, 0.4) is 0 Å². The number of nitrogens with zero attached hydrogens (tertiary/aromatic N) is 5. The summed E-state index contributed by atoms with van der Waals surface area (Å²) in [6.45, 7) is 8.63. The van der Waals surface area contributed by atoms with Crippen molar-refractivity contribution in [3.63, 3.8) is 0 Å². The maximum atomic E-state index is 14.9. The SMILES string of the molecule is COC(=O)N[C@H](C(=O)N1CCC[C@H]1c1ncc(-c2ccc3c(c2)OC(c2cccc(F)c2)n2c-3cc3cc(-c4cnc([C@@H]5CCCN5C(=O)[C@@H](NC(=O)OC)C(C)C)[nH]4)ccc32)[nH]1)C(C)C. The van der Waals surface area contributed by atoms with Crippen LogP contribution >= 0.6 is 0 Å². The Labute approximate surface area is 381 Å². The van der Waals surface area contributed by atoms with Gasteiger partial charge in [0.15, 0.2) is 0 Å². The van der Waals surface area contributed by atoms with Gasteiger partial charge in [-0.2, -0.15) is 0 Å². The summed E-state index contributed by atoms with van der Waals surface area (Å²) in [5.41, 5.74) is 6.50. The zero-order valence-electron chi connectivity index (χ0n) is 37.8. The van der Waals surface area contributed by atoms with Crippen LogP contribution in [0.25, 0.3) is 44.7 Å². The molecular weight excluding hydrogens is 846 g/mol. The van der Waals surface area contributed by atoms with Crippen molar-refractivity contribution in [2.24, 2.45) is 11.8 Å². The normalized spacial score (nSPS) is 18.8. The number of hydrogen-bond donors (Lipinski definition) is 4. The molecule has 0 aliphatic carbocycles. The van der Waals surface area contributed by atoms with Crippen molar-refractivity contribution in [3.05, 3.63) is 102 Å². The number of rotatable bonds is 11. The number of amides is 4. The Morgan fingerprint density at radius 1 is 0.742 bits per heavy atom. The Morgan fingerprint density at radius 2 is 1.30 bits per heavy atom. The molecule has 3 aliphatic heterocycles. The summed E-state index contributed by atoms with van der Waals surface area (Å²) in [4.78, 5) is 71.8. The molecule has 9 rings (SSSR count). The fraction of sp³-hybridized carbons (Fsp3) is 0.388. The number of aromatic nitrogens is 5. The minimum atomic E-state index is -0.744. The van der Waals surface area contributed by atoms with Gasteiger partial charge in [-0.15, -0.1) is 0 Å². The van der Waals surface area contributed by atoms with Gasteiger partial charge in [0.05, 0.1) is 61.3 Å². The molecule has 6 heterocycles. The molecule has 66 heavy (non-hydrogen) atoms. The monoisotopic (exact) mass is 899 g/mol. The second-order valence-electron chi connectivity index (χ2n) is 17.9. The molecule has 17 heteroatoms. The van der Waals surface area contributed by atoms with E-state index in [4.69, 9.17) is 24.2 Å². The smallest absolute Gasteiger partial charge is 0.407 e. The van der Waals surface area contributed by atoms with Crippen molar-refractivity contribution in [2.45, 2.75) is 83.8 Å². The predicted octanol–water partition coefficient (Wildman–Crippen LogP) is 8.26. The average molecular weight is 900 g/mol. The van der Waals surface area contributed by atoms with Gasteiger partial charge in [0.25, 0.3) is 0 Å². The van der Waals surface area contributed by atoms with Crippen LogP contribution in [0.2, 0.25) is 0 Å². The minimum Gasteiger partial charge on any atom is -0.465 e. The number of aromatic amines is 2. The Kier molecular flexibility index (Phi) is 12.0. The van der Waals surface area contributed by atoms with E-state index in [0.717, 1.165) is 70.4 Å². The summed E-state index contributed by atoms with van der Waals surface area (Å²) >= 11 is 0. The maximum Gasteiger partial charge on any atom is 0.407 e. The third kappa shape index (κ3) is 8.22. The molecule has 4 N–H and O–H groups in total. The second-order valence-corrected chi connectivity index (χ2v) is 17.9. The standard InChI is InChI=1S/C49H54FN9O7/c1-26(2)41(55-48(62)64-5)45(60)57-18-8-12-37(57)43-51-24-34(53-43)28-15-17-36-31(20-28)22-39-33-16-14-29(23-40(33)66-47(59(36)39)30-10-7-11-32(50)21-30)35-25-52-44(54-35)38-13-9-19-58(38)46(61)42(27(3)4)56-49(63)65-6/h7,10-11,14-17,20-27,37-38,41-42,47H,8-9,12-13,18-19H2,1-6H3,(H,51,53)(H,52,54)(H,55,62)(H,56,63)/t37-,38-,41-,42-,47?/m0/s1. The Balaban J connectivity index is 1.01. The molecule has 3 aliphatic rings. The molecule has 4 amide bonds. The zero-order valence-corrected chi connectivity index (χ0v) is 37.8. The molecule has 0 bridgehead atoms. The first kappa shape index (κ1) is 44.1. The van der Waals surface area contributed by atoms with E-state index in [1.54, 1.807) is 28.3 Å². The number of halogens is 1. The van der Waals surface area contributed by atoms with Crippen molar-refractivity contribution in [2.75, 3.05) is 27.3 Å². The number of carbonyl (C=O) groups excluding carboxylic acids is 4. The lowest BCUT2D eigenvalue weighted by Crippen LogP contribution is -2.51. The first-order valence-corrected chi connectivity index (χ1v) is 22.5. The van der Waals surface area contributed by atoms with Gasteiger partial charge in [-0.05, 0) is 80.0 Å². The minimum absolute atomic E-state index is 0.147. The summed E-state index contributed by atoms with van der Waals surface area (Å²) in [7, 11) is 2.55. The lowest BCUT2D eigenvalue weighted by Gasteiger charge is -2.30. The predicted molar refractivity (Wildman–Crippen MR) is 243 cm³/mol. The fourth-order valence-electron chi connectivity index (χ4n) is 9.60. The van der Waals surface area contributed by atoms with Gasteiger partial charge >= 0.3 is 12.2 Å². The van der Waals surface area contributed by atoms with Crippen LogP contribution in [0.4, 0.5) is 14.0 Å². The number of H-pyrrole nitrogens is 2. The number of benzene rings is 3. The number of nitrogens with one attached hydrogen (secondary N) is 4. The molecule has 0 spiro atoms. The van der Waals surface area contributed by atoms with Gasteiger partial charge in [-0.3, -0.25) is 9.59 Å². The molecule has 1 unspecified atom stereocenters. The summed E-state index contributed by atoms with van der Waals surface area (Å²) < 4.78 is 33.4. The van der Waals surface area contributed by atoms with Crippen LogP contribution < -0.4 is 15.4 Å². The van der Waals surface area contributed by atoms with E-state index < -0.39 is 30.5 Å². The van der Waals surface area contributed by atoms with Crippen molar-refractivity contribution in [1.29, 1.82) is 0 Å². The van der Waals surface area contributed by atoms with Crippen LogP contribution in [0, 0.1) is 17.7 Å². The van der Waals surface area contributed by atoms with E-state index in [2.05, 4.69) is 37.3 Å². The second kappa shape index (κ2) is 18.0. The molecule has 6 aromatic rings. The van der Waals surface area contributed by atoms with Gasteiger partial charge in [-0.25, -0.2) is 23.9 Å². The van der Waals surface area contributed by atoms with Crippen LogP contribution in [0.1, 0.15) is 88.9 Å². The van der Waals surface area contributed by atoms with E-state index in [1.165, 1.54) is 26.4 Å². The largest absolute Gasteiger partial charge is 0.465 e. The molecule has 16 nitrogen and oxygen atoms in total. The third-order valence-corrected chi connectivity index (χ3v) is 13.0. The van der Waals surface area contributed by atoms with Crippen molar-refractivity contribution >= 4 is 34.9 Å². The highest BCUT2D eigenvalue weighted by atomic mass is 19.1. The number of alkyl carbamates (subject to hydrolysis) is 2. The Morgan fingerprint density at radius 3 is 1.85 bits per heavy atom. The fourth-order valence-corrected chi connectivity index (χ4v) is 9.60. The highest BCUT2D eigenvalue weighted by Crippen LogP contribution is 2.46. The van der Waals surface area contributed by atoms with Crippen LogP contribution in [-0.2, 0) is 19.1 Å². The lowest BCUT2D eigenvalue weighted by molar-refractivity contribution is -0.136. The zero-order chi connectivity index (χ0) is 46.4. The van der Waals surface area contributed by atoms with E-state index in [1.807, 2.05) is 64.1 Å². The number of imidazole rings is 2. The lowest BCUT2D eigenvalue weighted by atomic mass is 10.0. The van der Waals surface area contributed by atoms with E-state index in [0.29, 0.717) is 36.1 Å². The summed E-state index contributed by atoms with van der Waals surface area (Å²) in [6.07, 6.45) is 4.58. The number of hydrogen-bond acceptors (Lipinski definition) is 9. The Hall–Kier alpha value is -7.17. The van der Waals surface area contributed by atoms with E-state index >= 15 is 0 Å². The highest BCUT2D eigenvalue weighted by Gasteiger charge is 2.39. The number of carbonyl (C=O) groups is 4. The molecule has 3 aromatic heterocycles. The average Bonchev–Trinajstić information content (AvgIpc) is 4.17. The molecule has 0 radical (unpaired) electrons. The van der Waals surface area contributed by atoms with Crippen LogP contribution in [-0.4, -0.2) is 97.7 Å². The van der Waals surface area contributed by atoms with E-state index in [-0.39, 0.29) is 41.6 Å². The maximum absolute atomic E-state index is 14.9. The summed E-state index contributed by atoms with van der Waals surface area (Å²) in [6, 6.07) is 18.6. The molecule has 2 saturated heterocycles. The summed E-state index contributed by atoms with van der Waals surface area (Å²) in [5.74, 6) is 0.885. The number of methoxy groups -OCH3 is 2. The van der Waals surface area contributed by atoms with Crippen molar-refractivity contribution in [3.8, 4) is 39.5 Å². The molecule has 3 aromatic carbocycles. The van der Waals surface area contributed by atoms with Gasteiger partial charge in [0.1, 0.15) is 35.3 Å². The first-order valence-electron chi connectivity index (χ1n) is 22.5. The quantitative estimate of drug-likeness (QED) is 0.0993. The van der Waals surface area contributed by atoms with Gasteiger partial charge in [0, 0.05) is 40.7 Å². The highest BCUT2D eigenvalue weighted by molar-refractivity contribution is 5.93. The molecular formula is C49H54FN9O7. The molecule has 344 valence electrons. The number of ether oxygens (including phenoxy) is 3. The van der Waals surface area contributed by atoms with Gasteiger partial charge in [0.2, 0.25) is 18.0 Å². The Bertz CT molecular complexity index is 2810. The van der Waals surface area contributed by atoms with Crippen molar-refractivity contribution < 1.29 is 37.8 Å². The van der Waals surface area contributed by atoms with Crippen LogP contribution in [0.5, 0.6) is 5.75 Å². The van der Waals surface area contributed by atoms with Gasteiger partial charge in [-0.1, -0.05) is 52.0 Å². The summed E-state index contributed by atoms with van der Waals surface area (Å²) in [5, 5.41) is 6.33. The number of likely N-dealkylation sites (tertiary alicyclic amines) is 2. The van der Waals surface area contributed by atoms with E-state index in [9.17, 15) is 23.6 Å². The molecule has 5 atom stereocenters.